The predicted octanol–water partition coefficient (Wildman–Crippen LogP) is 1.99. The van der Waals surface area contributed by atoms with Crippen LogP contribution in [0.2, 0.25) is 0 Å². The molecule has 0 saturated carbocycles. The quantitative estimate of drug-likeness (QED) is 0.770. The van der Waals surface area contributed by atoms with Gasteiger partial charge in [-0.05, 0) is 31.7 Å². The number of hydrazone groups is 1. The summed E-state index contributed by atoms with van der Waals surface area (Å²) in [5, 5.41) is 6.26. The number of hydrogen-bond donors (Lipinski definition) is 1. The third-order valence-electron chi connectivity index (χ3n) is 3.44. The van der Waals surface area contributed by atoms with Crippen molar-refractivity contribution in [1.29, 1.82) is 0 Å². The Labute approximate surface area is 104 Å². The zero-order valence-corrected chi connectivity index (χ0v) is 11.4. The number of carbonyl (C=O) groups excluding carboxylic acids is 1. The SMILES string of the molecule is CCC(CC)N1N=C(C(C)C)C(CCN)C1=O. The molecule has 4 heteroatoms. The number of rotatable bonds is 6. The Morgan fingerprint density at radius 1 is 1.35 bits per heavy atom. The van der Waals surface area contributed by atoms with E-state index in [1.54, 1.807) is 5.01 Å². The number of nitrogens with two attached hydrogens (primary N) is 1. The summed E-state index contributed by atoms with van der Waals surface area (Å²) < 4.78 is 0. The molecule has 1 atom stereocenters. The highest BCUT2D eigenvalue weighted by atomic mass is 16.2. The van der Waals surface area contributed by atoms with Crippen LogP contribution in [0, 0.1) is 11.8 Å². The topological polar surface area (TPSA) is 58.7 Å². The Kier molecular flexibility index (Phi) is 5.12. The minimum absolute atomic E-state index is 0.0828. The van der Waals surface area contributed by atoms with Crippen LogP contribution in [-0.2, 0) is 4.79 Å². The maximum absolute atomic E-state index is 12.3. The molecule has 0 fully saturated rings. The lowest BCUT2D eigenvalue weighted by Crippen LogP contribution is -2.36. The van der Waals surface area contributed by atoms with Crippen molar-refractivity contribution < 1.29 is 4.79 Å². The number of nitrogens with zero attached hydrogens (tertiary/aromatic N) is 2. The van der Waals surface area contributed by atoms with Gasteiger partial charge in [0.2, 0.25) is 0 Å². The number of amides is 1. The molecule has 0 saturated heterocycles. The highest BCUT2D eigenvalue weighted by Crippen LogP contribution is 2.26. The van der Waals surface area contributed by atoms with Crippen LogP contribution < -0.4 is 5.73 Å². The van der Waals surface area contributed by atoms with Crippen LogP contribution in [0.15, 0.2) is 5.10 Å². The van der Waals surface area contributed by atoms with Gasteiger partial charge < -0.3 is 5.73 Å². The lowest BCUT2D eigenvalue weighted by molar-refractivity contribution is -0.134. The zero-order valence-electron chi connectivity index (χ0n) is 11.4. The Balaban J connectivity index is 2.92. The third-order valence-corrected chi connectivity index (χ3v) is 3.44. The van der Waals surface area contributed by atoms with Gasteiger partial charge in [0.15, 0.2) is 0 Å². The van der Waals surface area contributed by atoms with Crippen molar-refractivity contribution in [2.24, 2.45) is 22.7 Å². The Morgan fingerprint density at radius 2 is 1.94 bits per heavy atom. The van der Waals surface area contributed by atoms with Gasteiger partial charge in [-0.3, -0.25) is 4.79 Å². The molecule has 0 bridgehead atoms. The largest absolute Gasteiger partial charge is 0.330 e. The van der Waals surface area contributed by atoms with Crippen molar-refractivity contribution in [1.82, 2.24) is 5.01 Å². The molecule has 98 valence electrons. The molecule has 0 aromatic heterocycles. The van der Waals surface area contributed by atoms with Crippen LogP contribution in [0.25, 0.3) is 0 Å². The predicted molar refractivity (Wildman–Crippen MR) is 70.7 cm³/mol. The van der Waals surface area contributed by atoms with Crippen LogP contribution in [-0.4, -0.2) is 29.2 Å². The highest BCUT2D eigenvalue weighted by Gasteiger charge is 2.38. The molecule has 1 amide bonds. The molecule has 1 rings (SSSR count). The summed E-state index contributed by atoms with van der Waals surface area (Å²) in [6.07, 6.45) is 2.62. The molecule has 2 N–H and O–H groups in total. The van der Waals surface area contributed by atoms with Crippen molar-refractivity contribution in [3.63, 3.8) is 0 Å². The van der Waals surface area contributed by atoms with Gasteiger partial charge in [-0.2, -0.15) is 5.10 Å². The van der Waals surface area contributed by atoms with Gasteiger partial charge in [0.25, 0.3) is 5.91 Å². The molecule has 0 aromatic rings. The minimum atomic E-state index is -0.0828. The first-order valence-electron chi connectivity index (χ1n) is 6.68. The smallest absolute Gasteiger partial charge is 0.251 e. The van der Waals surface area contributed by atoms with E-state index >= 15 is 0 Å². The summed E-state index contributed by atoms with van der Waals surface area (Å²) in [6.45, 7) is 8.92. The van der Waals surface area contributed by atoms with E-state index in [9.17, 15) is 4.79 Å². The first kappa shape index (κ1) is 14.2. The summed E-state index contributed by atoms with van der Waals surface area (Å²) in [5.74, 6) is 0.378. The van der Waals surface area contributed by atoms with Crippen LogP contribution in [0.1, 0.15) is 47.0 Å². The third kappa shape index (κ3) is 2.86. The van der Waals surface area contributed by atoms with Crippen molar-refractivity contribution in [2.75, 3.05) is 6.54 Å². The number of hydrogen-bond acceptors (Lipinski definition) is 3. The van der Waals surface area contributed by atoms with Crippen molar-refractivity contribution >= 4 is 11.6 Å². The molecule has 0 radical (unpaired) electrons. The van der Waals surface area contributed by atoms with E-state index in [4.69, 9.17) is 5.73 Å². The second-order valence-corrected chi connectivity index (χ2v) is 4.96. The van der Waals surface area contributed by atoms with Crippen molar-refractivity contribution in [3.05, 3.63) is 0 Å². The molecule has 17 heavy (non-hydrogen) atoms. The van der Waals surface area contributed by atoms with Crippen molar-refractivity contribution in [3.8, 4) is 0 Å². The molecule has 4 nitrogen and oxygen atoms in total. The molecular formula is C13H25N3O. The summed E-state index contributed by atoms with van der Waals surface area (Å²) in [6, 6.07) is 0.235. The Morgan fingerprint density at radius 3 is 2.35 bits per heavy atom. The Hall–Kier alpha value is -0.900. The average Bonchev–Trinajstić information content (AvgIpc) is 2.61. The standard InChI is InChI=1S/C13H25N3O/c1-5-10(6-2)16-13(17)11(7-8-14)12(15-16)9(3)4/h9-11H,5-8,14H2,1-4H3. The minimum Gasteiger partial charge on any atom is -0.330 e. The van der Waals surface area contributed by atoms with E-state index in [1.807, 2.05) is 0 Å². The summed E-state index contributed by atoms with van der Waals surface area (Å²) in [7, 11) is 0. The summed E-state index contributed by atoms with van der Waals surface area (Å²) >= 11 is 0. The lowest BCUT2D eigenvalue weighted by atomic mass is 9.91. The highest BCUT2D eigenvalue weighted by molar-refractivity contribution is 6.08. The van der Waals surface area contributed by atoms with Crippen LogP contribution in [0.5, 0.6) is 0 Å². The second-order valence-electron chi connectivity index (χ2n) is 4.96. The molecular weight excluding hydrogens is 214 g/mol. The normalized spacial score (nSPS) is 20.6. The fourth-order valence-corrected chi connectivity index (χ4v) is 2.38. The average molecular weight is 239 g/mol. The van der Waals surface area contributed by atoms with E-state index in [-0.39, 0.29) is 17.9 Å². The fourth-order valence-electron chi connectivity index (χ4n) is 2.38. The molecule has 1 aliphatic heterocycles. The molecule has 0 aliphatic carbocycles. The molecule has 1 unspecified atom stereocenters. The molecule has 0 aromatic carbocycles. The van der Waals surface area contributed by atoms with Gasteiger partial charge in [0.05, 0.1) is 17.7 Å². The summed E-state index contributed by atoms with van der Waals surface area (Å²) in [4.78, 5) is 12.3. The van der Waals surface area contributed by atoms with E-state index in [1.165, 1.54) is 0 Å². The van der Waals surface area contributed by atoms with Gasteiger partial charge in [-0.1, -0.05) is 27.7 Å². The van der Waals surface area contributed by atoms with Gasteiger partial charge >= 0.3 is 0 Å². The maximum Gasteiger partial charge on any atom is 0.251 e. The van der Waals surface area contributed by atoms with Crippen molar-refractivity contribution in [2.45, 2.75) is 53.0 Å². The molecule has 1 aliphatic rings. The lowest BCUT2D eigenvalue weighted by Gasteiger charge is -2.22. The first-order chi connectivity index (χ1) is 8.06. The van der Waals surface area contributed by atoms with E-state index in [2.05, 4.69) is 32.8 Å². The van der Waals surface area contributed by atoms with Crippen LogP contribution >= 0.6 is 0 Å². The zero-order chi connectivity index (χ0) is 13.0. The summed E-state index contributed by atoms with van der Waals surface area (Å²) in [5.41, 5.74) is 6.60. The van der Waals surface area contributed by atoms with Gasteiger partial charge in [-0.15, -0.1) is 0 Å². The molecule has 1 heterocycles. The van der Waals surface area contributed by atoms with Gasteiger partial charge in [-0.25, -0.2) is 5.01 Å². The van der Waals surface area contributed by atoms with E-state index in [0.717, 1.165) is 18.6 Å². The monoisotopic (exact) mass is 239 g/mol. The number of carbonyl (C=O) groups is 1. The maximum atomic E-state index is 12.3. The van der Waals surface area contributed by atoms with E-state index in [0.29, 0.717) is 18.9 Å². The second kappa shape index (κ2) is 6.15. The Bertz CT molecular complexity index is 295. The van der Waals surface area contributed by atoms with E-state index < -0.39 is 0 Å². The fraction of sp³-hybridized carbons (Fsp3) is 0.846. The van der Waals surface area contributed by atoms with Crippen LogP contribution in [0.3, 0.4) is 0 Å². The van der Waals surface area contributed by atoms with Crippen LogP contribution in [0.4, 0.5) is 0 Å². The van der Waals surface area contributed by atoms with Gasteiger partial charge in [0.1, 0.15) is 0 Å². The van der Waals surface area contributed by atoms with Gasteiger partial charge in [0, 0.05) is 0 Å². The molecule has 0 spiro atoms. The first-order valence-corrected chi connectivity index (χ1v) is 6.68.